The van der Waals surface area contributed by atoms with E-state index in [0.717, 1.165) is 36.9 Å². The van der Waals surface area contributed by atoms with E-state index >= 15 is 0 Å². The van der Waals surface area contributed by atoms with Gasteiger partial charge in [0.15, 0.2) is 0 Å². The third kappa shape index (κ3) is 4.09. The highest BCUT2D eigenvalue weighted by atomic mass is 19.1. The molecule has 0 unspecified atom stereocenters. The maximum absolute atomic E-state index is 13.9. The number of anilines is 1. The number of nitrogens with one attached hydrogen (secondary N) is 2. The van der Waals surface area contributed by atoms with E-state index in [4.69, 9.17) is 4.74 Å². The number of carbonyl (C=O) groups is 2. The number of carbonyl (C=O) groups excluding carboxylic acids is 2. The van der Waals surface area contributed by atoms with Gasteiger partial charge in [-0.15, -0.1) is 0 Å². The van der Waals surface area contributed by atoms with Crippen molar-refractivity contribution in [1.29, 1.82) is 0 Å². The molecule has 3 aliphatic rings. The number of hydrogen-bond donors (Lipinski definition) is 2. The van der Waals surface area contributed by atoms with Crippen LogP contribution >= 0.6 is 0 Å². The molecular formula is C25H28FN3O3. The first kappa shape index (κ1) is 20.9. The minimum absolute atomic E-state index is 0.140. The van der Waals surface area contributed by atoms with Crippen LogP contribution in [0.4, 0.5) is 10.1 Å². The molecule has 6 nitrogen and oxygen atoms in total. The number of aryl methyl sites for hydroxylation is 1. The Morgan fingerprint density at radius 2 is 1.97 bits per heavy atom. The van der Waals surface area contributed by atoms with Crippen molar-refractivity contribution in [2.75, 3.05) is 31.6 Å². The van der Waals surface area contributed by atoms with Crippen LogP contribution in [0, 0.1) is 5.82 Å². The highest BCUT2D eigenvalue weighted by Crippen LogP contribution is 2.36. The van der Waals surface area contributed by atoms with E-state index in [1.807, 2.05) is 11.0 Å². The fourth-order valence-corrected chi connectivity index (χ4v) is 5.01. The standard InChI is InChI=1S/C25H28FN3O3/c26-16-6-8-22-19(14-16)20(25(31)28-22)15-23-18(17-4-2-1-3-5-21(17)27-23)7-9-24(30)29-10-12-32-13-11-29/h6,8,14-15,27H,1-5,7,9-13H2,(H,28,31)/b20-15-. The predicted octanol–water partition coefficient (Wildman–Crippen LogP) is 3.71. The zero-order chi connectivity index (χ0) is 22.1. The number of amides is 2. The van der Waals surface area contributed by atoms with Crippen LogP contribution in [0.3, 0.4) is 0 Å². The number of rotatable bonds is 4. The Morgan fingerprint density at radius 3 is 2.81 bits per heavy atom. The van der Waals surface area contributed by atoms with E-state index in [9.17, 15) is 14.0 Å². The molecule has 2 amide bonds. The Balaban J connectivity index is 1.47. The van der Waals surface area contributed by atoms with E-state index in [0.29, 0.717) is 56.0 Å². The second-order valence-corrected chi connectivity index (χ2v) is 8.73. The maximum Gasteiger partial charge on any atom is 0.256 e. The summed E-state index contributed by atoms with van der Waals surface area (Å²) in [5.74, 6) is -0.461. The van der Waals surface area contributed by atoms with Crippen molar-refractivity contribution in [1.82, 2.24) is 9.88 Å². The minimum Gasteiger partial charge on any atom is -0.378 e. The van der Waals surface area contributed by atoms with Crippen molar-refractivity contribution >= 4 is 29.2 Å². The highest BCUT2D eigenvalue weighted by Gasteiger charge is 2.27. The molecule has 168 valence electrons. The number of H-pyrrole nitrogens is 1. The third-order valence-electron chi connectivity index (χ3n) is 6.70. The largest absolute Gasteiger partial charge is 0.378 e. The lowest BCUT2D eigenvalue weighted by molar-refractivity contribution is -0.135. The molecule has 0 bridgehead atoms. The number of benzene rings is 1. The molecule has 1 aromatic heterocycles. The van der Waals surface area contributed by atoms with Crippen molar-refractivity contribution in [3.63, 3.8) is 0 Å². The molecule has 1 aromatic carbocycles. The Morgan fingerprint density at radius 1 is 1.16 bits per heavy atom. The van der Waals surface area contributed by atoms with Gasteiger partial charge in [0.2, 0.25) is 5.91 Å². The Bertz CT molecular complexity index is 1080. The van der Waals surface area contributed by atoms with E-state index in [2.05, 4.69) is 10.3 Å². The summed E-state index contributed by atoms with van der Waals surface area (Å²) in [6.45, 7) is 2.47. The van der Waals surface area contributed by atoms with E-state index in [1.165, 1.54) is 29.8 Å². The van der Waals surface area contributed by atoms with Crippen molar-refractivity contribution < 1.29 is 18.7 Å². The lowest BCUT2D eigenvalue weighted by Crippen LogP contribution is -2.40. The lowest BCUT2D eigenvalue weighted by atomic mass is 9.97. The fourth-order valence-electron chi connectivity index (χ4n) is 5.01. The van der Waals surface area contributed by atoms with E-state index in [-0.39, 0.29) is 17.6 Å². The van der Waals surface area contributed by atoms with Gasteiger partial charge in [-0.2, -0.15) is 0 Å². The highest BCUT2D eigenvalue weighted by molar-refractivity contribution is 6.34. The number of nitrogens with zero attached hydrogens (tertiary/aromatic N) is 1. The van der Waals surface area contributed by atoms with Crippen LogP contribution in [0.25, 0.3) is 11.6 Å². The molecule has 7 heteroatoms. The van der Waals surface area contributed by atoms with Crippen LogP contribution in [-0.4, -0.2) is 48.0 Å². The first-order valence-electron chi connectivity index (χ1n) is 11.5. The predicted molar refractivity (Wildman–Crippen MR) is 121 cm³/mol. The van der Waals surface area contributed by atoms with Crippen molar-refractivity contribution in [3.05, 3.63) is 52.1 Å². The molecule has 0 spiro atoms. The summed E-state index contributed by atoms with van der Waals surface area (Å²) in [5, 5.41) is 2.82. The van der Waals surface area contributed by atoms with Gasteiger partial charge in [0.1, 0.15) is 5.82 Å². The van der Waals surface area contributed by atoms with Gasteiger partial charge in [-0.05, 0) is 67.5 Å². The summed E-state index contributed by atoms with van der Waals surface area (Å²) >= 11 is 0. The first-order valence-corrected chi connectivity index (χ1v) is 11.5. The maximum atomic E-state index is 13.9. The second kappa shape index (κ2) is 8.90. The van der Waals surface area contributed by atoms with Crippen LogP contribution in [-0.2, 0) is 33.6 Å². The minimum atomic E-state index is -0.371. The van der Waals surface area contributed by atoms with Crippen molar-refractivity contribution in [2.45, 2.75) is 44.9 Å². The summed E-state index contributed by atoms with van der Waals surface area (Å²) < 4.78 is 19.2. The summed E-state index contributed by atoms with van der Waals surface area (Å²) in [5.41, 5.74) is 6.15. The molecule has 5 rings (SSSR count). The van der Waals surface area contributed by atoms with Gasteiger partial charge in [0, 0.05) is 42.1 Å². The zero-order valence-corrected chi connectivity index (χ0v) is 18.1. The molecule has 2 aliphatic heterocycles. The average molecular weight is 438 g/mol. The van der Waals surface area contributed by atoms with Gasteiger partial charge in [-0.25, -0.2) is 4.39 Å². The summed E-state index contributed by atoms with van der Waals surface area (Å²) in [7, 11) is 0. The number of ether oxygens (including phenoxy) is 1. The summed E-state index contributed by atoms with van der Waals surface area (Å²) in [6.07, 6.45) is 8.29. The van der Waals surface area contributed by atoms with Gasteiger partial charge in [0.25, 0.3) is 5.91 Å². The molecule has 0 saturated carbocycles. The average Bonchev–Trinajstić information content (AvgIpc) is 3.17. The normalized spacial score (nSPS) is 19.5. The topological polar surface area (TPSA) is 74.4 Å². The number of aromatic nitrogens is 1. The van der Waals surface area contributed by atoms with Crippen molar-refractivity contribution in [3.8, 4) is 0 Å². The fraction of sp³-hybridized carbons (Fsp3) is 0.440. The molecule has 1 saturated heterocycles. The quantitative estimate of drug-likeness (QED) is 0.566. The third-order valence-corrected chi connectivity index (χ3v) is 6.70. The summed E-state index contributed by atoms with van der Waals surface area (Å²) in [4.78, 5) is 30.8. The van der Waals surface area contributed by atoms with Gasteiger partial charge >= 0.3 is 0 Å². The number of fused-ring (bicyclic) bond motifs is 2. The molecule has 1 aliphatic carbocycles. The molecule has 2 N–H and O–H groups in total. The Hall–Kier alpha value is -2.93. The first-order chi connectivity index (χ1) is 15.6. The number of halogens is 1. The monoisotopic (exact) mass is 437 g/mol. The Kier molecular flexibility index (Phi) is 5.83. The molecule has 1 fully saturated rings. The summed E-state index contributed by atoms with van der Waals surface area (Å²) in [6, 6.07) is 4.34. The number of hydrogen-bond acceptors (Lipinski definition) is 3. The molecule has 2 aromatic rings. The van der Waals surface area contributed by atoms with Crippen LogP contribution < -0.4 is 5.32 Å². The molecular weight excluding hydrogens is 409 g/mol. The van der Waals surface area contributed by atoms with Crippen LogP contribution in [0.1, 0.15) is 53.8 Å². The van der Waals surface area contributed by atoms with Crippen LogP contribution in [0.5, 0.6) is 0 Å². The van der Waals surface area contributed by atoms with Gasteiger partial charge in [0.05, 0.1) is 18.8 Å². The second-order valence-electron chi connectivity index (χ2n) is 8.73. The van der Waals surface area contributed by atoms with Crippen LogP contribution in [0.15, 0.2) is 18.2 Å². The van der Waals surface area contributed by atoms with E-state index < -0.39 is 0 Å². The van der Waals surface area contributed by atoms with Crippen LogP contribution in [0.2, 0.25) is 0 Å². The lowest BCUT2D eigenvalue weighted by Gasteiger charge is -2.27. The van der Waals surface area contributed by atoms with Gasteiger partial charge in [-0.3, -0.25) is 9.59 Å². The molecule has 3 heterocycles. The van der Waals surface area contributed by atoms with E-state index in [1.54, 1.807) is 6.07 Å². The molecule has 32 heavy (non-hydrogen) atoms. The Labute approximate surface area is 186 Å². The SMILES string of the molecule is O=C1Nc2ccc(F)cc2/C1=C/c1[nH]c2c(c1CCC(=O)N1CCOCC1)CCCCC2. The van der Waals surface area contributed by atoms with Gasteiger partial charge in [-0.1, -0.05) is 6.42 Å². The van der Waals surface area contributed by atoms with Crippen molar-refractivity contribution in [2.24, 2.45) is 0 Å². The zero-order valence-electron chi connectivity index (χ0n) is 18.1. The van der Waals surface area contributed by atoms with Gasteiger partial charge < -0.3 is 19.9 Å². The smallest absolute Gasteiger partial charge is 0.256 e. The molecule has 0 atom stereocenters. The molecule has 0 radical (unpaired) electrons. The number of morpholine rings is 1. The number of aromatic amines is 1.